The Morgan fingerprint density at radius 1 is 0.923 bits per heavy atom. The average Bonchev–Trinajstić information content (AvgIpc) is 2.09. The maximum atomic E-state index is 5.18. The summed E-state index contributed by atoms with van der Waals surface area (Å²) in [5.74, 6) is 2.75. The molecule has 2 nitrogen and oxygen atoms in total. The van der Waals surface area contributed by atoms with Crippen LogP contribution in [0, 0.1) is 11.8 Å². The smallest absolute Gasteiger partial charge is 0.156 e. The van der Waals surface area contributed by atoms with E-state index in [9.17, 15) is 0 Å². The van der Waals surface area contributed by atoms with E-state index in [2.05, 4.69) is 26.0 Å². The third-order valence-corrected chi connectivity index (χ3v) is 2.34. The van der Waals surface area contributed by atoms with Gasteiger partial charge in [-0.3, -0.25) is 0 Å². The van der Waals surface area contributed by atoms with E-state index in [4.69, 9.17) is 9.47 Å². The van der Waals surface area contributed by atoms with Gasteiger partial charge in [0.05, 0.1) is 14.2 Å². The molecule has 0 fully saturated rings. The molecule has 13 heavy (non-hydrogen) atoms. The average molecular weight is 184 g/mol. The lowest BCUT2D eigenvalue weighted by atomic mass is 9.90. The number of rotatable bonds is 2. The summed E-state index contributed by atoms with van der Waals surface area (Å²) in [4.78, 5) is 0. The third-order valence-electron chi connectivity index (χ3n) is 2.34. The molecule has 0 aromatic carbocycles. The lowest BCUT2D eigenvalue weighted by Gasteiger charge is -2.22. The summed E-state index contributed by atoms with van der Waals surface area (Å²) in [6, 6.07) is 0. The van der Waals surface area contributed by atoms with Gasteiger partial charge in [0.1, 0.15) is 0 Å². The van der Waals surface area contributed by atoms with Crippen LogP contribution in [-0.4, -0.2) is 14.2 Å². The number of methoxy groups -OCH3 is 2. The Morgan fingerprint density at radius 3 is 1.46 bits per heavy atom. The van der Waals surface area contributed by atoms with Gasteiger partial charge in [0, 0.05) is 0 Å². The van der Waals surface area contributed by atoms with E-state index in [1.54, 1.807) is 14.2 Å². The molecule has 0 saturated carbocycles. The summed E-state index contributed by atoms with van der Waals surface area (Å²) >= 11 is 0. The highest BCUT2D eigenvalue weighted by atomic mass is 16.5. The van der Waals surface area contributed by atoms with Gasteiger partial charge in [-0.1, -0.05) is 21.3 Å². The number of hydrogen-bond donors (Lipinski definition) is 0. The molecule has 0 radical (unpaired) electrons. The molecule has 0 heterocycles. The maximum Gasteiger partial charge on any atom is 0.156 e. The molecule has 2 unspecified atom stereocenters. The molecule has 2 heteroatoms. The molecular formula is C11H20O2. The number of ether oxygens (including phenoxy) is 2. The van der Waals surface area contributed by atoms with Crippen molar-refractivity contribution in [3.8, 4) is 0 Å². The normalized spacial score (nSPS) is 26.8. The summed E-state index contributed by atoms with van der Waals surface area (Å²) in [5.41, 5.74) is 0. The van der Waals surface area contributed by atoms with Gasteiger partial charge in [0.2, 0.25) is 0 Å². The first-order valence-electron chi connectivity index (χ1n) is 4.21. The van der Waals surface area contributed by atoms with Crippen molar-refractivity contribution < 1.29 is 9.47 Å². The van der Waals surface area contributed by atoms with Gasteiger partial charge in [-0.15, -0.1) is 0 Å². The Morgan fingerprint density at radius 2 is 1.23 bits per heavy atom. The molecule has 0 amide bonds. The molecule has 1 aliphatic carbocycles. The van der Waals surface area contributed by atoms with Crippen molar-refractivity contribution in [1.29, 1.82) is 0 Å². The van der Waals surface area contributed by atoms with Crippen LogP contribution in [0.15, 0.2) is 23.7 Å². The second-order valence-electron chi connectivity index (χ2n) is 3.19. The van der Waals surface area contributed by atoms with Crippen LogP contribution in [0.5, 0.6) is 0 Å². The third kappa shape index (κ3) is 2.51. The van der Waals surface area contributed by atoms with E-state index in [1.807, 2.05) is 0 Å². The topological polar surface area (TPSA) is 18.5 Å². The fourth-order valence-corrected chi connectivity index (χ4v) is 1.28. The van der Waals surface area contributed by atoms with Crippen LogP contribution in [0.4, 0.5) is 0 Å². The summed E-state index contributed by atoms with van der Waals surface area (Å²) < 4.78 is 10.4. The highest BCUT2D eigenvalue weighted by molar-refractivity contribution is 5.26. The Labute approximate surface area is 81.2 Å². The van der Waals surface area contributed by atoms with Gasteiger partial charge in [-0.2, -0.15) is 0 Å². The van der Waals surface area contributed by atoms with Crippen LogP contribution in [0.2, 0.25) is 0 Å². The second kappa shape index (κ2) is 4.95. The molecule has 0 aromatic rings. The van der Waals surface area contributed by atoms with Crippen LogP contribution in [0.25, 0.3) is 0 Å². The first-order chi connectivity index (χ1) is 5.69. The quantitative estimate of drug-likeness (QED) is 0.657. The fraction of sp³-hybridized carbons (Fsp3) is 0.636. The first-order valence-corrected chi connectivity index (χ1v) is 4.21. The van der Waals surface area contributed by atoms with Crippen molar-refractivity contribution in [2.24, 2.45) is 11.8 Å². The van der Waals surface area contributed by atoms with Gasteiger partial charge < -0.3 is 9.47 Å². The molecule has 1 rings (SSSR count). The van der Waals surface area contributed by atoms with Gasteiger partial charge in [0.25, 0.3) is 0 Å². The van der Waals surface area contributed by atoms with Crippen molar-refractivity contribution in [3.05, 3.63) is 23.7 Å². The Balaban J connectivity index is 0.00000144. The van der Waals surface area contributed by atoms with Gasteiger partial charge >= 0.3 is 0 Å². The van der Waals surface area contributed by atoms with Crippen molar-refractivity contribution in [1.82, 2.24) is 0 Å². The molecule has 0 aromatic heterocycles. The second-order valence-corrected chi connectivity index (χ2v) is 3.19. The molecule has 0 bridgehead atoms. The molecule has 1 aliphatic rings. The number of hydrogen-bond acceptors (Lipinski definition) is 2. The molecule has 0 saturated heterocycles. The van der Waals surface area contributed by atoms with Crippen LogP contribution in [0.1, 0.15) is 21.3 Å². The zero-order chi connectivity index (χ0) is 9.14. The molecule has 0 N–H and O–H groups in total. The lowest BCUT2D eigenvalue weighted by Crippen LogP contribution is -2.12. The fourth-order valence-electron chi connectivity index (χ4n) is 1.28. The standard InChI is InChI=1S/C10H16O2.CH4/c1-7-5-9(11-3)10(12-4)6-8(7)2;/h5-8H,1-4H3;1H4. The largest absolute Gasteiger partial charge is 0.493 e. The molecular weight excluding hydrogens is 164 g/mol. The van der Waals surface area contributed by atoms with Gasteiger partial charge in [0.15, 0.2) is 11.5 Å². The molecule has 76 valence electrons. The maximum absolute atomic E-state index is 5.18. The first kappa shape index (κ1) is 12.1. The van der Waals surface area contributed by atoms with E-state index in [0.717, 1.165) is 11.5 Å². The van der Waals surface area contributed by atoms with Crippen molar-refractivity contribution in [2.75, 3.05) is 14.2 Å². The van der Waals surface area contributed by atoms with E-state index in [0.29, 0.717) is 11.8 Å². The Hall–Kier alpha value is -0.920. The highest BCUT2D eigenvalue weighted by Crippen LogP contribution is 2.27. The molecule has 0 aliphatic heterocycles. The van der Waals surface area contributed by atoms with Crippen LogP contribution in [-0.2, 0) is 9.47 Å². The molecule has 2 atom stereocenters. The summed E-state index contributed by atoms with van der Waals surface area (Å²) in [6.45, 7) is 4.35. The van der Waals surface area contributed by atoms with E-state index in [-0.39, 0.29) is 7.43 Å². The van der Waals surface area contributed by atoms with Crippen molar-refractivity contribution >= 4 is 0 Å². The van der Waals surface area contributed by atoms with Crippen LogP contribution < -0.4 is 0 Å². The van der Waals surface area contributed by atoms with Crippen molar-refractivity contribution in [3.63, 3.8) is 0 Å². The lowest BCUT2D eigenvalue weighted by molar-refractivity contribution is 0.208. The predicted octanol–water partition coefficient (Wildman–Crippen LogP) is 2.97. The highest BCUT2D eigenvalue weighted by Gasteiger charge is 2.19. The SMILES string of the molecule is C.COC1=CC(C)C(C)C=C1OC. The number of allylic oxidation sites excluding steroid dienone is 2. The minimum Gasteiger partial charge on any atom is -0.493 e. The summed E-state index contributed by atoms with van der Waals surface area (Å²) in [6.07, 6.45) is 4.20. The zero-order valence-corrected chi connectivity index (χ0v) is 8.13. The van der Waals surface area contributed by atoms with Crippen molar-refractivity contribution in [2.45, 2.75) is 21.3 Å². The summed E-state index contributed by atoms with van der Waals surface area (Å²) in [7, 11) is 3.34. The van der Waals surface area contributed by atoms with E-state index >= 15 is 0 Å². The minimum absolute atomic E-state index is 0. The Kier molecular flexibility index (Phi) is 4.60. The van der Waals surface area contributed by atoms with Gasteiger partial charge in [-0.05, 0) is 24.0 Å². The van der Waals surface area contributed by atoms with Crippen LogP contribution in [0.3, 0.4) is 0 Å². The summed E-state index contributed by atoms with van der Waals surface area (Å²) in [5, 5.41) is 0. The predicted molar refractivity (Wildman–Crippen MR) is 55.2 cm³/mol. The van der Waals surface area contributed by atoms with Crippen LogP contribution >= 0.6 is 0 Å². The van der Waals surface area contributed by atoms with E-state index in [1.165, 1.54) is 0 Å². The molecule has 0 spiro atoms. The van der Waals surface area contributed by atoms with E-state index < -0.39 is 0 Å². The monoisotopic (exact) mass is 184 g/mol. The zero-order valence-electron chi connectivity index (χ0n) is 8.13. The van der Waals surface area contributed by atoms with Gasteiger partial charge in [-0.25, -0.2) is 0 Å². The Bertz CT molecular complexity index is 192. The minimum atomic E-state index is 0.